The molecule has 1 rings (SSSR count). The Labute approximate surface area is 107 Å². The normalized spacial score (nSPS) is 12.7. The standard InChI is InChI=1S/C13H18N2O3/c1-9(15-12(17)18-13(2,3)4)10-5-6-11(8-16)14-7-10/h5-9H,1-4H3,(H,15,17). The Bertz CT molecular complexity index is 421. The van der Waals surface area contributed by atoms with Crippen LogP contribution in [-0.4, -0.2) is 23.0 Å². The number of nitrogens with zero attached hydrogens (tertiary/aromatic N) is 1. The maximum Gasteiger partial charge on any atom is 0.408 e. The van der Waals surface area contributed by atoms with Crippen LogP contribution in [0.2, 0.25) is 0 Å². The molecule has 1 aromatic rings. The number of hydrogen-bond donors (Lipinski definition) is 1. The van der Waals surface area contributed by atoms with Gasteiger partial charge in [0.2, 0.25) is 0 Å². The van der Waals surface area contributed by atoms with Crippen LogP contribution in [0.4, 0.5) is 4.79 Å². The number of carbonyl (C=O) groups is 2. The molecular weight excluding hydrogens is 232 g/mol. The number of hydrogen-bond acceptors (Lipinski definition) is 4. The summed E-state index contributed by atoms with van der Waals surface area (Å²) in [6, 6.07) is 3.13. The van der Waals surface area contributed by atoms with Gasteiger partial charge in [-0.15, -0.1) is 0 Å². The van der Waals surface area contributed by atoms with Crippen LogP contribution >= 0.6 is 0 Å². The number of rotatable bonds is 3. The summed E-state index contributed by atoms with van der Waals surface area (Å²) in [4.78, 5) is 26.0. The van der Waals surface area contributed by atoms with Gasteiger partial charge in [0.05, 0.1) is 6.04 Å². The van der Waals surface area contributed by atoms with E-state index in [1.54, 1.807) is 39.1 Å². The van der Waals surface area contributed by atoms with Crippen molar-refractivity contribution in [3.8, 4) is 0 Å². The molecule has 1 amide bonds. The molecule has 0 aliphatic rings. The highest BCUT2D eigenvalue weighted by Crippen LogP contribution is 2.13. The molecule has 0 bridgehead atoms. The van der Waals surface area contributed by atoms with Gasteiger partial charge in [-0.1, -0.05) is 6.07 Å². The summed E-state index contributed by atoms with van der Waals surface area (Å²) in [5.74, 6) is 0. The first kappa shape index (κ1) is 14.2. The Morgan fingerprint density at radius 2 is 2.11 bits per heavy atom. The lowest BCUT2D eigenvalue weighted by Gasteiger charge is -2.22. The zero-order valence-electron chi connectivity index (χ0n) is 11.1. The quantitative estimate of drug-likeness (QED) is 0.837. The molecule has 0 saturated heterocycles. The van der Waals surface area contributed by atoms with Crippen LogP contribution in [0.15, 0.2) is 18.3 Å². The summed E-state index contributed by atoms with van der Waals surface area (Å²) in [5, 5.41) is 2.70. The number of ether oxygens (including phenoxy) is 1. The molecule has 1 atom stereocenters. The fourth-order valence-electron chi connectivity index (χ4n) is 1.31. The Balaban J connectivity index is 2.61. The highest BCUT2D eigenvalue weighted by Gasteiger charge is 2.18. The van der Waals surface area contributed by atoms with Gasteiger partial charge in [-0.05, 0) is 39.3 Å². The Kier molecular flexibility index (Phi) is 4.42. The van der Waals surface area contributed by atoms with Crippen molar-refractivity contribution in [2.45, 2.75) is 39.3 Å². The smallest absolute Gasteiger partial charge is 0.408 e. The molecule has 0 aromatic carbocycles. The fraction of sp³-hybridized carbons (Fsp3) is 0.462. The summed E-state index contributed by atoms with van der Waals surface area (Å²) in [6.07, 6.45) is 1.76. The van der Waals surface area contributed by atoms with E-state index < -0.39 is 11.7 Å². The van der Waals surface area contributed by atoms with Crippen LogP contribution in [0.3, 0.4) is 0 Å². The van der Waals surface area contributed by atoms with Gasteiger partial charge in [0.1, 0.15) is 11.3 Å². The number of amides is 1. The first-order valence-corrected chi connectivity index (χ1v) is 5.72. The molecule has 0 aliphatic heterocycles. The number of aromatic nitrogens is 1. The lowest BCUT2D eigenvalue weighted by atomic mass is 10.1. The minimum Gasteiger partial charge on any atom is -0.444 e. The maximum atomic E-state index is 11.6. The molecule has 0 fully saturated rings. The van der Waals surface area contributed by atoms with Gasteiger partial charge < -0.3 is 10.1 Å². The summed E-state index contributed by atoms with van der Waals surface area (Å²) < 4.78 is 5.15. The topological polar surface area (TPSA) is 68.3 Å². The highest BCUT2D eigenvalue weighted by atomic mass is 16.6. The molecule has 0 spiro atoms. The monoisotopic (exact) mass is 250 g/mol. The summed E-state index contributed by atoms with van der Waals surface area (Å²) in [5.41, 5.74) is 0.651. The molecule has 5 nitrogen and oxygen atoms in total. The molecule has 18 heavy (non-hydrogen) atoms. The van der Waals surface area contributed by atoms with Crippen LogP contribution in [0.1, 0.15) is 49.8 Å². The maximum absolute atomic E-state index is 11.6. The van der Waals surface area contributed by atoms with Crippen molar-refractivity contribution in [2.75, 3.05) is 0 Å². The van der Waals surface area contributed by atoms with Crippen LogP contribution in [0, 0.1) is 0 Å². The van der Waals surface area contributed by atoms with Crippen LogP contribution in [-0.2, 0) is 4.74 Å². The lowest BCUT2D eigenvalue weighted by Crippen LogP contribution is -2.34. The highest BCUT2D eigenvalue weighted by molar-refractivity contribution is 5.71. The van der Waals surface area contributed by atoms with Crippen molar-refractivity contribution in [1.82, 2.24) is 10.3 Å². The van der Waals surface area contributed by atoms with Crippen molar-refractivity contribution in [3.63, 3.8) is 0 Å². The van der Waals surface area contributed by atoms with E-state index in [9.17, 15) is 9.59 Å². The Hall–Kier alpha value is -1.91. The number of pyridine rings is 1. The van der Waals surface area contributed by atoms with E-state index >= 15 is 0 Å². The van der Waals surface area contributed by atoms with Gasteiger partial charge in [0.15, 0.2) is 6.29 Å². The molecule has 0 radical (unpaired) electrons. The van der Waals surface area contributed by atoms with Gasteiger partial charge >= 0.3 is 6.09 Å². The first-order chi connectivity index (χ1) is 8.31. The number of carbonyl (C=O) groups excluding carboxylic acids is 2. The summed E-state index contributed by atoms with van der Waals surface area (Å²) in [7, 11) is 0. The molecule has 1 N–H and O–H groups in total. The van der Waals surface area contributed by atoms with Crippen molar-refractivity contribution < 1.29 is 14.3 Å². The first-order valence-electron chi connectivity index (χ1n) is 5.72. The van der Waals surface area contributed by atoms with Crippen molar-refractivity contribution in [2.24, 2.45) is 0 Å². The predicted molar refractivity (Wildman–Crippen MR) is 67.4 cm³/mol. The van der Waals surface area contributed by atoms with E-state index in [0.717, 1.165) is 5.56 Å². The van der Waals surface area contributed by atoms with E-state index in [1.807, 2.05) is 6.92 Å². The zero-order valence-corrected chi connectivity index (χ0v) is 11.1. The van der Waals surface area contributed by atoms with E-state index in [2.05, 4.69) is 10.3 Å². The number of nitrogens with one attached hydrogen (secondary N) is 1. The molecule has 0 aliphatic carbocycles. The second kappa shape index (κ2) is 5.62. The summed E-state index contributed by atoms with van der Waals surface area (Å²) >= 11 is 0. The molecule has 98 valence electrons. The van der Waals surface area contributed by atoms with Crippen molar-refractivity contribution in [3.05, 3.63) is 29.6 Å². The van der Waals surface area contributed by atoms with E-state index in [0.29, 0.717) is 12.0 Å². The molecule has 1 aromatic heterocycles. The van der Waals surface area contributed by atoms with Crippen molar-refractivity contribution >= 4 is 12.4 Å². The van der Waals surface area contributed by atoms with E-state index in [4.69, 9.17) is 4.74 Å². The number of aldehydes is 1. The van der Waals surface area contributed by atoms with E-state index in [-0.39, 0.29) is 6.04 Å². The number of alkyl carbamates (subject to hydrolysis) is 1. The predicted octanol–water partition coefficient (Wildman–Crippen LogP) is 2.48. The fourth-order valence-corrected chi connectivity index (χ4v) is 1.31. The molecule has 5 heteroatoms. The van der Waals surface area contributed by atoms with Crippen LogP contribution in [0.5, 0.6) is 0 Å². The molecule has 0 saturated carbocycles. The minimum atomic E-state index is -0.524. The van der Waals surface area contributed by atoms with Gasteiger partial charge in [0, 0.05) is 6.20 Å². The average molecular weight is 250 g/mol. The van der Waals surface area contributed by atoms with Gasteiger partial charge in [0.25, 0.3) is 0 Å². The second-order valence-corrected chi connectivity index (χ2v) is 5.00. The Morgan fingerprint density at radius 1 is 1.44 bits per heavy atom. The largest absolute Gasteiger partial charge is 0.444 e. The third-order valence-corrected chi connectivity index (χ3v) is 2.16. The SMILES string of the molecule is CC(NC(=O)OC(C)(C)C)c1ccc(C=O)nc1. The molecular formula is C13H18N2O3. The minimum absolute atomic E-state index is 0.229. The molecule has 1 unspecified atom stereocenters. The van der Waals surface area contributed by atoms with E-state index in [1.165, 1.54) is 0 Å². The van der Waals surface area contributed by atoms with Crippen molar-refractivity contribution in [1.29, 1.82) is 0 Å². The van der Waals surface area contributed by atoms with Gasteiger partial charge in [-0.2, -0.15) is 0 Å². The Morgan fingerprint density at radius 3 is 2.56 bits per heavy atom. The third kappa shape index (κ3) is 4.53. The second-order valence-electron chi connectivity index (χ2n) is 5.00. The average Bonchev–Trinajstić information content (AvgIpc) is 2.26. The van der Waals surface area contributed by atoms with Crippen LogP contribution in [0.25, 0.3) is 0 Å². The van der Waals surface area contributed by atoms with Gasteiger partial charge in [-0.25, -0.2) is 4.79 Å². The summed E-state index contributed by atoms with van der Waals surface area (Å²) in [6.45, 7) is 7.23. The zero-order chi connectivity index (χ0) is 13.8. The lowest BCUT2D eigenvalue weighted by molar-refractivity contribution is 0.0507. The third-order valence-electron chi connectivity index (χ3n) is 2.16. The molecule has 1 heterocycles. The van der Waals surface area contributed by atoms with Crippen LogP contribution < -0.4 is 5.32 Å². The van der Waals surface area contributed by atoms with Gasteiger partial charge in [-0.3, -0.25) is 9.78 Å².